The summed E-state index contributed by atoms with van der Waals surface area (Å²) >= 11 is 0. The molecule has 0 spiro atoms. The van der Waals surface area contributed by atoms with Crippen molar-refractivity contribution in [2.75, 3.05) is 0 Å². The Hall–Kier alpha value is -2.81. The van der Waals surface area contributed by atoms with Gasteiger partial charge in [0.15, 0.2) is 0 Å². The third-order valence-electron chi connectivity index (χ3n) is 3.05. The van der Waals surface area contributed by atoms with Gasteiger partial charge in [0.1, 0.15) is 11.3 Å². The van der Waals surface area contributed by atoms with Gasteiger partial charge in [-0.15, -0.1) is 0 Å². The Labute approximate surface area is 115 Å². The van der Waals surface area contributed by atoms with Gasteiger partial charge in [0, 0.05) is 5.39 Å². The van der Waals surface area contributed by atoms with E-state index >= 15 is 0 Å². The SMILES string of the molecule is O=C(O)C(=Cc1cc2ccccc2o1)c1ccccc1. The van der Waals surface area contributed by atoms with E-state index in [9.17, 15) is 9.90 Å². The predicted octanol–water partition coefficient (Wildman–Crippen LogP) is 4.06. The second-order valence-corrected chi connectivity index (χ2v) is 4.42. The molecule has 0 unspecified atom stereocenters. The number of carbonyl (C=O) groups is 1. The lowest BCUT2D eigenvalue weighted by Crippen LogP contribution is -1.99. The fourth-order valence-corrected chi connectivity index (χ4v) is 2.10. The highest BCUT2D eigenvalue weighted by Gasteiger charge is 2.11. The number of rotatable bonds is 3. The van der Waals surface area contributed by atoms with E-state index in [0.29, 0.717) is 11.3 Å². The second-order valence-electron chi connectivity index (χ2n) is 4.42. The number of hydrogen-bond acceptors (Lipinski definition) is 2. The summed E-state index contributed by atoms with van der Waals surface area (Å²) in [6.07, 6.45) is 1.55. The van der Waals surface area contributed by atoms with Crippen LogP contribution in [0.1, 0.15) is 11.3 Å². The van der Waals surface area contributed by atoms with Crippen molar-refractivity contribution in [3.8, 4) is 0 Å². The van der Waals surface area contributed by atoms with E-state index in [1.807, 2.05) is 48.5 Å². The molecule has 0 fully saturated rings. The molecule has 3 heteroatoms. The summed E-state index contributed by atoms with van der Waals surface area (Å²) < 4.78 is 5.63. The zero-order valence-electron chi connectivity index (χ0n) is 10.6. The molecule has 0 atom stereocenters. The van der Waals surface area contributed by atoms with Gasteiger partial charge >= 0.3 is 5.97 Å². The average Bonchev–Trinajstić information content (AvgIpc) is 2.88. The van der Waals surface area contributed by atoms with Gasteiger partial charge in [-0.25, -0.2) is 4.79 Å². The second kappa shape index (κ2) is 5.05. The minimum Gasteiger partial charge on any atom is -0.478 e. The molecular formula is C17H12O3. The standard InChI is InChI=1S/C17H12O3/c18-17(19)15(12-6-2-1-3-7-12)11-14-10-13-8-4-5-9-16(13)20-14/h1-11H,(H,18,19). The van der Waals surface area contributed by atoms with Crippen molar-refractivity contribution in [3.05, 3.63) is 72.0 Å². The van der Waals surface area contributed by atoms with Gasteiger partial charge in [0.25, 0.3) is 0 Å². The molecule has 1 N–H and O–H groups in total. The molecule has 2 aromatic carbocycles. The van der Waals surface area contributed by atoms with E-state index in [4.69, 9.17) is 4.42 Å². The molecule has 1 aromatic heterocycles. The zero-order valence-corrected chi connectivity index (χ0v) is 10.6. The molecule has 3 rings (SSSR count). The lowest BCUT2D eigenvalue weighted by molar-refractivity contribution is -0.130. The number of fused-ring (bicyclic) bond motifs is 1. The summed E-state index contributed by atoms with van der Waals surface area (Å²) in [6, 6.07) is 18.4. The van der Waals surface area contributed by atoms with Crippen LogP contribution in [0.15, 0.2) is 65.1 Å². The summed E-state index contributed by atoms with van der Waals surface area (Å²) in [5, 5.41) is 10.3. The van der Waals surface area contributed by atoms with Gasteiger partial charge in [-0.3, -0.25) is 0 Å². The maximum Gasteiger partial charge on any atom is 0.336 e. The van der Waals surface area contributed by atoms with E-state index in [2.05, 4.69) is 0 Å². The Morgan fingerprint density at radius 3 is 2.40 bits per heavy atom. The van der Waals surface area contributed by atoms with Crippen LogP contribution in [-0.2, 0) is 4.79 Å². The largest absolute Gasteiger partial charge is 0.478 e. The summed E-state index contributed by atoms with van der Waals surface area (Å²) in [7, 11) is 0. The van der Waals surface area contributed by atoms with Crippen LogP contribution in [0.25, 0.3) is 22.6 Å². The molecule has 0 aliphatic carbocycles. The molecular weight excluding hydrogens is 252 g/mol. The van der Waals surface area contributed by atoms with Crippen molar-refractivity contribution in [1.82, 2.24) is 0 Å². The number of aliphatic carboxylic acids is 1. The normalized spacial score (nSPS) is 11.7. The van der Waals surface area contributed by atoms with Crippen LogP contribution in [0.3, 0.4) is 0 Å². The molecule has 20 heavy (non-hydrogen) atoms. The van der Waals surface area contributed by atoms with E-state index in [1.165, 1.54) is 0 Å². The highest BCUT2D eigenvalue weighted by atomic mass is 16.4. The van der Waals surface area contributed by atoms with Crippen molar-refractivity contribution in [1.29, 1.82) is 0 Å². The lowest BCUT2D eigenvalue weighted by Gasteiger charge is -2.01. The highest BCUT2D eigenvalue weighted by molar-refractivity contribution is 6.20. The van der Waals surface area contributed by atoms with Gasteiger partial charge in [0.2, 0.25) is 0 Å². The summed E-state index contributed by atoms with van der Waals surface area (Å²) in [4.78, 5) is 11.4. The van der Waals surface area contributed by atoms with Crippen molar-refractivity contribution >= 4 is 28.6 Å². The first-order chi connectivity index (χ1) is 9.74. The molecule has 1 heterocycles. The molecule has 3 aromatic rings. The molecule has 0 saturated heterocycles. The number of furan rings is 1. The predicted molar refractivity (Wildman–Crippen MR) is 78.2 cm³/mol. The topological polar surface area (TPSA) is 50.4 Å². The van der Waals surface area contributed by atoms with Crippen LogP contribution in [-0.4, -0.2) is 11.1 Å². The van der Waals surface area contributed by atoms with Gasteiger partial charge in [-0.2, -0.15) is 0 Å². The first-order valence-corrected chi connectivity index (χ1v) is 6.23. The minimum atomic E-state index is -0.975. The summed E-state index contributed by atoms with van der Waals surface area (Å²) in [5.41, 5.74) is 1.61. The van der Waals surface area contributed by atoms with Crippen LogP contribution < -0.4 is 0 Å². The fourth-order valence-electron chi connectivity index (χ4n) is 2.10. The van der Waals surface area contributed by atoms with Crippen molar-refractivity contribution in [2.24, 2.45) is 0 Å². The molecule has 0 aliphatic rings. The molecule has 0 amide bonds. The Bertz CT molecular complexity index is 749. The van der Waals surface area contributed by atoms with E-state index in [-0.39, 0.29) is 5.57 Å². The highest BCUT2D eigenvalue weighted by Crippen LogP contribution is 2.24. The van der Waals surface area contributed by atoms with Crippen molar-refractivity contribution in [3.63, 3.8) is 0 Å². The third kappa shape index (κ3) is 2.34. The maximum absolute atomic E-state index is 11.4. The first-order valence-electron chi connectivity index (χ1n) is 6.23. The van der Waals surface area contributed by atoms with Gasteiger partial charge < -0.3 is 9.52 Å². The number of para-hydroxylation sites is 1. The Morgan fingerprint density at radius 1 is 1.00 bits per heavy atom. The van der Waals surface area contributed by atoms with Gasteiger partial charge in [-0.1, -0.05) is 48.5 Å². The quantitative estimate of drug-likeness (QED) is 0.726. The fraction of sp³-hybridized carbons (Fsp3) is 0. The Kier molecular flexibility index (Phi) is 3.09. The maximum atomic E-state index is 11.4. The number of benzene rings is 2. The minimum absolute atomic E-state index is 0.213. The van der Waals surface area contributed by atoms with Gasteiger partial charge in [0.05, 0.1) is 5.57 Å². The van der Waals surface area contributed by atoms with E-state index in [1.54, 1.807) is 18.2 Å². The van der Waals surface area contributed by atoms with Crippen molar-refractivity contribution < 1.29 is 14.3 Å². The third-order valence-corrected chi connectivity index (χ3v) is 3.05. The van der Waals surface area contributed by atoms with Gasteiger partial charge in [-0.05, 0) is 23.8 Å². The van der Waals surface area contributed by atoms with Crippen LogP contribution >= 0.6 is 0 Å². The molecule has 0 aliphatic heterocycles. The van der Waals surface area contributed by atoms with Crippen LogP contribution in [0, 0.1) is 0 Å². The van der Waals surface area contributed by atoms with Crippen LogP contribution in [0.5, 0.6) is 0 Å². The number of carboxylic acid groups (broad SMARTS) is 1. The van der Waals surface area contributed by atoms with Crippen molar-refractivity contribution in [2.45, 2.75) is 0 Å². The Morgan fingerprint density at radius 2 is 1.70 bits per heavy atom. The average molecular weight is 264 g/mol. The monoisotopic (exact) mass is 264 g/mol. The molecule has 98 valence electrons. The smallest absolute Gasteiger partial charge is 0.336 e. The lowest BCUT2D eigenvalue weighted by atomic mass is 10.1. The molecule has 0 saturated carbocycles. The molecule has 0 bridgehead atoms. The van der Waals surface area contributed by atoms with E-state index < -0.39 is 5.97 Å². The summed E-state index contributed by atoms with van der Waals surface area (Å²) in [5.74, 6) is -0.441. The number of carboxylic acids is 1. The molecule has 0 radical (unpaired) electrons. The van der Waals surface area contributed by atoms with E-state index in [0.717, 1.165) is 11.0 Å². The first kappa shape index (κ1) is 12.2. The molecule has 3 nitrogen and oxygen atoms in total. The Balaban J connectivity index is 2.09. The zero-order chi connectivity index (χ0) is 13.9. The van der Waals surface area contributed by atoms with Crippen LogP contribution in [0.4, 0.5) is 0 Å². The van der Waals surface area contributed by atoms with Crippen LogP contribution in [0.2, 0.25) is 0 Å². The summed E-state index contributed by atoms with van der Waals surface area (Å²) in [6.45, 7) is 0. The number of hydrogen-bond donors (Lipinski definition) is 1.